The third-order valence-electron chi connectivity index (χ3n) is 3.33. The van der Waals surface area contributed by atoms with Crippen LogP contribution >= 0.6 is 11.3 Å². The van der Waals surface area contributed by atoms with Crippen LogP contribution in [0.25, 0.3) is 0 Å². The van der Waals surface area contributed by atoms with Crippen molar-refractivity contribution >= 4 is 27.3 Å². The molecule has 1 aromatic rings. The van der Waals surface area contributed by atoms with Crippen LogP contribution in [0, 0.1) is 12.8 Å². The Balaban J connectivity index is 2.45. The molecule has 19 heavy (non-hydrogen) atoms. The lowest BCUT2D eigenvalue weighted by molar-refractivity contribution is 0.0698. The molecule has 1 N–H and O–H groups in total. The monoisotopic (exact) mass is 303 g/mol. The average Bonchev–Trinajstić information content (AvgIpc) is 2.72. The van der Waals surface area contributed by atoms with Gasteiger partial charge < -0.3 is 5.11 Å². The van der Waals surface area contributed by atoms with E-state index in [4.69, 9.17) is 5.11 Å². The summed E-state index contributed by atoms with van der Waals surface area (Å²) >= 11 is 0.971. The van der Waals surface area contributed by atoms with Crippen molar-refractivity contribution in [2.75, 3.05) is 13.1 Å². The maximum Gasteiger partial charge on any atom is 0.347 e. The highest BCUT2D eigenvalue weighted by atomic mass is 32.2. The molecule has 0 amide bonds. The highest BCUT2D eigenvalue weighted by molar-refractivity contribution is 7.89. The van der Waals surface area contributed by atoms with Crippen molar-refractivity contribution in [3.63, 3.8) is 0 Å². The van der Waals surface area contributed by atoms with Gasteiger partial charge in [0, 0.05) is 13.1 Å². The van der Waals surface area contributed by atoms with Crippen molar-refractivity contribution in [2.45, 2.75) is 31.6 Å². The van der Waals surface area contributed by atoms with Gasteiger partial charge in [-0.25, -0.2) is 13.2 Å². The lowest BCUT2D eigenvalue weighted by atomic mass is 10.0. The van der Waals surface area contributed by atoms with E-state index in [0.29, 0.717) is 24.6 Å². The molecule has 1 fully saturated rings. The molecule has 2 heterocycles. The first kappa shape index (κ1) is 14.5. The third kappa shape index (κ3) is 2.68. The molecule has 2 rings (SSSR count). The largest absolute Gasteiger partial charge is 0.477 e. The first-order valence-electron chi connectivity index (χ1n) is 6.15. The molecule has 0 aromatic carbocycles. The summed E-state index contributed by atoms with van der Waals surface area (Å²) in [5.74, 6) is -0.863. The highest BCUT2D eigenvalue weighted by Gasteiger charge is 2.34. The molecule has 1 atom stereocenters. The van der Waals surface area contributed by atoms with E-state index in [2.05, 4.69) is 0 Å². The summed E-state index contributed by atoms with van der Waals surface area (Å²) in [6.07, 6.45) is 1.84. The molecular weight excluding hydrogens is 286 g/mol. The van der Waals surface area contributed by atoms with Crippen molar-refractivity contribution in [1.82, 2.24) is 4.31 Å². The van der Waals surface area contributed by atoms with Gasteiger partial charge in [0.15, 0.2) is 0 Å². The molecular formula is C12H17NO4S2. The minimum Gasteiger partial charge on any atom is -0.477 e. The van der Waals surface area contributed by atoms with Gasteiger partial charge in [-0.05, 0) is 36.6 Å². The molecule has 1 aliphatic rings. The van der Waals surface area contributed by atoms with E-state index >= 15 is 0 Å². The molecule has 0 spiro atoms. The fourth-order valence-corrected chi connectivity index (χ4v) is 5.58. The number of piperidine rings is 1. The van der Waals surface area contributed by atoms with E-state index in [9.17, 15) is 13.2 Å². The molecule has 0 radical (unpaired) electrons. The summed E-state index contributed by atoms with van der Waals surface area (Å²) < 4.78 is 26.6. The molecule has 1 unspecified atom stereocenters. The predicted molar refractivity (Wildman–Crippen MR) is 73.2 cm³/mol. The Bertz CT molecular complexity index is 591. The van der Waals surface area contributed by atoms with Gasteiger partial charge in [0.25, 0.3) is 0 Å². The van der Waals surface area contributed by atoms with Gasteiger partial charge in [-0.3, -0.25) is 0 Å². The van der Waals surface area contributed by atoms with Crippen LogP contribution in [0.4, 0.5) is 0 Å². The third-order valence-corrected chi connectivity index (χ3v) is 6.60. The molecule has 0 saturated carbocycles. The van der Waals surface area contributed by atoms with Gasteiger partial charge in [-0.15, -0.1) is 11.3 Å². The van der Waals surface area contributed by atoms with Crippen LogP contribution in [0.5, 0.6) is 0 Å². The Kier molecular flexibility index (Phi) is 3.98. The zero-order chi connectivity index (χ0) is 14.2. The second-order valence-electron chi connectivity index (χ2n) is 4.99. The van der Waals surface area contributed by atoms with Crippen molar-refractivity contribution in [3.05, 3.63) is 15.8 Å². The zero-order valence-electron chi connectivity index (χ0n) is 10.9. The summed E-state index contributed by atoms with van der Waals surface area (Å²) in [6.45, 7) is 4.60. The first-order chi connectivity index (χ1) is 8.84. The van der Waals surface area contributed by atoms with E-state index in [1.54, 1.807) is 12.3 Å². The van der Waals surface area contributed by atoms with Gasteiger partial charge in [-0.2, -0.15) is 4.31 Å². The summed E-state index contributed by atoms with van der Waals surface area (Å²) in [4.78, 5) is 11.0. The number of carboxylic acids is 1. The normalized spacial score (nSPS) is 21.5. The topological polar surface area (TPSA) is 74.7 Å². The smallest absolute Gasteiger partial charge is 0.347 e. The van der Waals surface area contributed by atoms with Crippen LogP contribution in [0.1, 0.15) is 35.0 Å². The number of nitrogens with zero attached hydrogens (tertiary/aromatic N) is 1. The van der Waals surface area contributed by atoms with Crippen molar-refractivity contribution in [1.29, 1.82) is 0 Å². The quantitative estimate of drug-likeness (QED) is 0.928. The van der Waals surface area contributed by atoms with Crippen LogP contribution in [-0.2, 0) is 10.0 Å². The summed E-state index contributed by atoms with van der Waals surface area (Å²) in [7, 11) is -3.70. The number of carbonyl (C=O) groups is 1. The maximum atomic E-state index is 12.6. The molecule has 1 saturated heterocycles. The molecule has 106 valence electrons. The highest BCUT2D eigenvalue weighted by Crippen LogP contribution is 2.31. The Hall–Kier alpha value is -0.920. The second kappa shape index (κ2) is 5.22. The fraction of sp³-hybridized carbons (Fsp3) is 0.583. The number of hydrogen-bond donors (Lipinski definition) is 1. The Morgan fingerprint density at radius 3 is 2.79 bits per heavy atom. The van der Waals surface area contributed by atoms with Crippen LogP contribution in [-0.4, -0.2) is 36.9 Å². The molecule has 5 nitrogen and oxygen atoms in total. The van der Waals surface area contributed by atoms with E-state index in [-0.39, 0.29) is 9.77 Å². The molecule has 0 bridgehead atoms. The number of thiophene rings is 1. The number of aromatic carboxylic acids is 1. The van der Waals surface area contributed by atoms with Crippen LogP contribution in [0.3, 0.4) is 0 Å². The van der Waals surface area contributed by atoms with Gasteiger partial charge >= 0.3 is 5.97 Å². The van der Waals surface area contributed by atoms with Crippen LogP contribution in [0.2, 0.25) is 0 Å². The number of aryl methyl sites for hydroxylation is 1. The minimum atomic E-state index is -3.70. The van der Waals surface area contributed by atoms with E-state index in [0.717, 1.165) is 24.2 Å². The second-order valence-corrected chi connectivity index (χ2v) is 7.75. The molecule has 7 heteroatoms. The predicted octanol–water partition coefficient (Wildman–Crippen LogP) is 2.18. The summed E-state index contributed by atoms with van der Waals surface area (Å²) in [6, 6.07) is 0. The van der Waals surface area contributed by atoms with E-state index < -0.39 is 16.0 Å². The Morgan fingerprint density at radius 1 is 1.53 bits per heavy atom. The van der Waals surface area contributed by atoms with E-state index in [1.165, 1.54) is 4.31 Å². The molecule has 1 aromatic heterocycles. The summed E-state index contributed by atoms with van der Waals surface area (Å²) in [5, 5.41) is 10.7. The lowest BCUT2D eigenvalue weighted by Gasteiger charge is -2.30. The minimum absolute atomic E-state index is 0.0286. The van der Waals surface area contributed by atoms with Crippen LogP contribution < -0.4 is 0 Å². The van der Waals surface area contributed by atoms with Crippen molar-refractivity contribution in [3.8, 4) is 0 Å². The van der Waals surface area contributed by atoms with Gasteiger partial charge in [0.2, 0.25) is 10.0 Å². The average molecular weight is 303 g/mol. The fourth-order valence-electron chi connectivity index (χ4n) is 2.40. The first-order valence-corrected chi connectivity index (χ1v) is 8.47. The van der Waals surface area contributed by atoms with E-state index in [1.807, 2.05) is 6.92 Å². The molecule has 1 aliphatic heterocycles. The van der Waals surface area contributed by atoms with Gasteiger partial charge in [0.1, 0.15) is 9.77 Å². The van der Waals surface area contributed by atoms with Gasteiger partial charge in [-0.1, -0.05) is 6.92 Å². The van der Waals surface area contributed by atoms with Crippen molar-refractivity contribution in [2.24, 2.45) is 5.92 Å². The number of carboxylic acid groups (broad SMARTS) is 1. The van der Waals surface area contributed by atoms with Gasteiger partial charge in [0.05, 0.1) is 0 Å². The lowest BCUT2D eigenvalue weighted by Crippen LogP contribution is -2.39. The number of hydrogen-bond acceptors (Lipinski definition) is 4. The summed E-state index contributed by atoms with van der Waals surface area (Å²) in [5.41, 5.74) is 0.514. The van der Waals surface area contributed by atoms with Crippen LogP contribution in [0.15, 0.2) is 10.3 Å². The Morgan fingerprint density at radius 2 is 2.21 bits per heavy atom. The zero-order valence-corrected chi connectivity index (χ0v) is 12.6. The standard InChI is InChI=1S/C12H17NO4S2/c1-8-4-3-5-13(6-8)19(16,17)11-9(2)7-18-10(11)12(14)15/h7-8H,3-6H2,1-2H3,(H,14,15). The number of rotatable bonds is 3. The maximum absolute atomic E-state index is 12.6. The molecule has 0 aliphatic carbocycles. The SMILES string of the molecule is Cc1csc(C(=O)O)c1S(=O)(=O)N1CCCC(C)C1. The number of sulfonamides is 1. The Labute approximate surface area is 116 Å². The van der Waals surface area contributed by atoms with Crippen molar-refractivity contribution < 1.29 is 18.3 Å².